The van der Waals surface area contributed by atoms with E-state index in [0.717, 1.165) is 31.6 Å². The first-order valence-electron chi connectivity index (χ1n) is 10.2. The molecule has 1 saturated heterocycles. The van der Waals surface area contributed by atoms with Crippen LogP contribution < -0.4 is 15.4 Å². The third kappa shape index (κ3) is 5.15. The maximum atomic E-state index is 12.3. The molecule has 146 valence electrons. The number of likely N-dealkylation sites (tertiary alicyclic amines) is 1. The lowest BCUT2D eigenvalue weighted by Crippen LogP contribution is -2.41. The number of ether oxygens (including phenoxy) is 1. The van der Waals surface area contributed by atoms with Gasteiger partial charge in [-0.1, -0.05) is 6.07 Å². The van der Waals surface area contributed by atoms with Crippen molar-refractivity contribution in [2.75, 3.05) is 31.6 Å². The molecule has 6 nitrogen and oxygen atoms in total. The number of amides is 2. The van der Waals surface area contributed by atoms with Gasteiger partial charge in [-0.25, -0.2) is 0 Å². The van der Waals surface area contributed by atoms with E-state index in [-0.39, 0.29) is 25.0 Å². The summed E-state index contributed by atoms with van der Waals surface area (Å²) < 4.78 is 5.64. The van der Waals surface area contributed by atoms with Crippen molar-refractivity contribution in [3.63, 3.8) is 0 Å². The molecule has 0 unspecified atom stereocenters. The van der Waals surface area contributed by atoms with Gasteiger partial charge in [0.25, 0.3) is 5.91 Å². The standard InChI is InChI=1S/C21H29N3O3/c25-19(23-21(15-6-7-15)16-8-9-16)13-22-17-4-3-5-18(12-17)27-14-20(26)24-10-1-2-11-24/h3-5,12,15-16,21-22H,1-2,6-11,13-14H2,(H,23,25). The van der Waals surface area contributed by atoms with E-state index in [0.29, 0.717) is 23.6 Å². The van der Waals surface area contributed by atoms with Gasteiger partial charge in [-0.15, -0.1) is 0 Å². The van der Waals surface area contributed by atoms with Crippen molar-refractivity contribution < 1.29 is 14.3 Å². The van der Waals surface area contributed by atoms with E-state index in [1.807, 2.05) is 29.2 Å². The van der Waals surface area contributed by atoms with Crippen LogP contribution in [0, 0.1) is 11.8 Å². The maximum absolute atomic E-state index is 12.3. The van der Waals surface area contributed by atoms with Crippen LogP contribution in [0.15, 0.2) is 24.3 Å². The summed E-state index contributed by atoms with van der Waals surface area (Å²) in [5, 5.41) is 6.38. The minimum Gasteiger partial charge on any atom is -0.484 e. The number of carbonyl (C=O) groups excluding carboxylic acids is 2. The lowest BCUT2D eigenvalue weighted by molar-refractivity contribution is -0.132. The molecule has 0 bridgehead atoms. The number of hydrogen-bond acceptors (Lipinski definition) is 4. The fraction of sp³-hybridized carbons (Fsp3) is 0.619. The second kappa shape index (κ2) is 8.19. The fourth-order valence-electron chi connectivity index (χ4n) is 3.85. The number of hydrogen-bond donors (Lipinski definition) is 2. The molecule has 2 amide bonds. The predicted molar refractivity (Wildman–Crippen MR) is 104 cm³/mol. The zero-order valence-corrected chi connectivity index (χ0v) is 15.8. The van der Waals surface area contributed by atoms with Gasteiger partial charge < -0.3 is 20.3 Å². The SMILES string of the molecule is O=C(CNc1cccc(OCC(=O)N2CCCC2)c1)NC(C1CC1)C1CC1. The van der Waals surface area contributed by atoms with E-state index in [9.17, 15) is 9.59 Å². The average molecular weight is 371 g/mol. The Balaban J connectivity index is 1.22. The molecule has 3 aliphatic rings. The molecule has 0 atom stereocenters. The van der Waals surface area contributed by atoms with Crippen molar-refractivity contribution in [3.8, 4) is 5.75 Å². The van der Waals surface area contributed by atoms with Crippen molar-refractivity contribution in [1.29, 1.82) is 0 Å². The molecule has 0 aromatic heterocycles. The third-order valence-corrected chi connectivity index (χ3v) is 5.70. The van der Waals surface area contributed by atoms with Crippen LogP contribution in [0.3, 0.4) is 0 Å². The fourth-order valence-corrected chi connectivity index (χ4v) is 3.85. The monoisotopic (exact) mass is 371 g/mol. The smallest absolute Gasteiger partial charge is 0.260 e. The van der Waals surface area contributed by atoms with Crippen molar-refractivity contribution >= 4 is 17.5 Å². The average Bonchev–Trinajstić information content (AvgIpc) is 3.62. The largest absolute Gasteiger partial charge is 0.484 e. The molecule has 1 aromatic carbocycles. The minimum atomic E-state index is 0.0384. The summed E-state index contributed by atoms with van der Waals surface area (Å²) in [5.41, 5.74) is 0.825. The van der Waals surface area contributed by atoms with E-state index in [1.54, 1.807) is 0 Å². The van der Waals surface area contributed by atoms with E-state index in [4.69, 9.17) is 4.74 Å². The van der Waals surface area contributed by atoms with Crippen LogP contribution in [-0.2, 0) is 9.59 Å². The number of rotatable bonds is 9. The van der Waals surface area contributed by atoms with Crippen molar-refractivity contribution in [2.24, 2.45) is 11.8 Å². The Labute approximate surface area is 160 Å². The summed E-state index contributed by atoms with van der Waals surface area (Å²) in [4.78, 5) is 26.2. The normalized spacial score (nSPS) is 19.2. The number of benzene rings is 1. The zero-order chi connectivity index (χ0) is 18.6. The first kappa shape index (κ1) is 18.1. The minimum absolute atomic E-state index is 0.0384. The Morgan fingerprint density at radius 3 is 2.48 bits per heavy atom. The van der Waals surface area contributed by atoms with E-state index in [1.165, 1.54) is 25.7 Å². The van der Waals surface area contributed by atoms with E-state index >= 15 is 0 Å². The molecule has 4 rings (SSSR count). The summed E-state index contributed by atoms with van der Waals surface area (Å²) in [6.07, 6.45) is 7.18. The van der Waals surface area contributed by atoms with Crippen molar-refractivity contribution in [2.45, 2.75) is 44.6 Å². The van der Waals surface area contributed by atoms with Gasteiger partial charge in [0.1, 0.15) is 5.75 Å². The number of carbonyl (C=O) groups is 2. The number of nitrogens with one attached hydrogen (secondary N) is 2. The predicted octanol–water partition coefficient (Wildman–Crippen LogP) is 2.40. The van der Waals surface area contributed by atoms with Gasteiger partial charge in [-0.05, 0) is 62.5 Å². The highest BCUT2D eigenvalue weighted by Crippen LogP contribution is 2.44. The molecule has 0 spiro atoms. The topological polar surface area (TPSA) is 70.7 Å². The molecule has 1 aromatic rings. The van der Waals surface area contributed by atoms with Crippen LogP contribution in [0.25, 0.3) is 0 Å². The maximum Gasteiger partial charge on any atom is 0.260 e. The molecule has 6 heteroatoms. The Morgan fingerprint density at radius 2 is 1.81 bits per heavy atom. The molecule has 3 fully saturated rings. The Morgan fingerprint density at radius 1 is 1.11 bits per heavy atom. The van der Waals surface area contributed by atoms with Gasteiger partial charge in [0, 0.05) is 30.9 Å². The molecule has 2 aliphatic carbocycles. The first-order valence-corrected chi connectivity index (χ1v) is 10.2. The van der Waals surface area contributed by atoms with Crippen LogP contribution in [0.1, 0.15) is 38.5 Å². The van der Waals surface area contributed by atoms with Crippen LogP contribution >= 0.6 is 0 Å². The van der Waals surface area contributed by atoms with Gasteiger partial charge in [-0.3, -0.25) is 9.59 Å². The van der Waals surface area contributed by atoms with Crippen LogP contribution in [0.2, 0.25) is 0 Å². The van der Waals surface area contributed by atoms with Gasteiger partial charge >= 0.3 is 0 Å². The third-order valence-electron chi connectivity index (χ3n) is 5.70. The van der Waals surface area contributed by atoms with E-state index < -0.39 is 0 Å². The van der Waals surface area contributed by atoms with Crippen LogP contribution in [-0.4, -0.2) is 49.0 Å². The lowest BCUT2D eigenvalue weighted by Gasteiger charge is -2.18. The molecular formula is C21H29N3O3. The van der Waals surface area contributed by atoms with Gasteiger partial charge in [0.05, 0.1) is 6.54 Å². The molecule has 27 heavy (non-hydrogen) atoms. The van der Waals surface area contributed by atoms with Crippen LogP contribution in [0.5, 0.6) is 5.75 Å². The highest BCUT2D eigenvalue weighted by molar-refractivity contribution is 5.81. The molecule has 1 aliphatic heterocycles. The summed E-state index contributed by atoms with van der Waals surface area (Å²) in [6, 6.07) is 7.82. The second-order valence-electron chi connectivity index (χ2n) is 8.03. The molecule has 1 heterocycles. The summed E-state index contributed by atoms with van der Waals surface area (Å²) in [6.45, 7) is 1.99. The summed E-state index contributed by atoms with van der Waals surface area (Å²) in [7, 11) is 0. The highest BCUT2D eigenvalue weighted by atomic mass is 16.5. The highest BCUT2D eigenvalue weighted by Gasteiger charge is 2.42. The molecule has 2 N–H and O–H groups in total. The van der Waals surface area contributed by atoms with Gasteiger partial charge in [0.15, 0.2) is 6.61 Å². The summed E-state index contributed by atoms with van der Waals surface area (Å²) in [5.74, 6) is 2.13. The zero-order valence-electron chi connectivity index (χ0n) is 15.8. The number of nitrogens with zero attached hydrogens (tertiary/aromatic N) is 1. The number of anilines is 1. The van der Waals surface area contributed by atoms with Crippen LogP contribution in [0.4, 0.5) is 5.69 Å². The first-order chi connectivity index (χ1) is 13.2. The molecular weight excluding hydrogens is 342 g/mol. The quantitative estimate of drug-likeness (QED) is 0.699. The summed E-state index contributed by atoms with van der Waals surface area (Å²) >= 11 is 0. The van der Waals surface area contributed by atoms with Gasteiger partial charge in [0.2, 0.25) is 5.91 Å². The van der Waals surface area contributed by atoms with E-state index in [2.05, 4.69) is 10.6 Å². The van der Waals surface area contributed by atoms with Crippen molar-refractivity contribution in [1.82, 2.24) is 10.2 Å². The second-order valence-corrected chi connectivity index (χ2v) is 8.03. The Bertz CT molecular complexity index is 667. The lowest BCUT2D eigenvalue weighted by atomic mass is 10.1. The molecule has 2 saturated carbocycles. The van der Waals surface area contributed by atoms with Crippen molar-refractivity contribution in [3.05, 3.63) is 24.3 Å². The Hall–Kier alpha value is -2.24. The molecule has 0 radical (unpaired) electrons. The Kier molecular flexibility index (Phi) is 5.50. The van der Waals surface area contributed by atoms with Gasteiger partial charge in [-0.2, -0.15) is 0 Å².